The number of amides is 1. The zero-order valence-electron chi connectivity index (χ0n) is 9.21. The molecule has 1 aliphatic rings. The molecule has 2 atom stereocenters. The molecule has 1 fully saturated rings. The van der Waals surface area contributed by atoms with E-state index in [9.17, 15) is 18.0 Å². The molecule has 0 aliphatic carbocycles. The Morgan fingerprint density at radius 3 is 2.38 bits per heavy atom. The predicted molar refractivity (Wildman–Crippen MR) is 56.6 cm³/mol. The summed E-state index contributed by atoms with van der Waals surface area (Å²) >= 11 is 0. The Morgan fingerprint density at radius 2 is 2.00 bits per heavy atom. The Balaban J connectivity index is 2.68. The highest BCUT2D eigenvalue weighted by molar-refractivity contribution is 7.92. The highest BCUT2D eigenvalue weighted by Gasteiger charge is 2.35. The number of carboxylic acids is 1. The van der Waals surface area contributed by atoms with Gasteiger partial charge < -0.3 is 10.0 Å². The lowest BCUT2D eigenvalue weighted by atomic mass is 10.1. The first-order valence-corrected chi connectivity index (χ1v) is 6.89. The fourth-order valence-electron chi connectivity index (χ4n) is 1.60. The van der Waals surface area contributed by atoms with Gasteiger partial charge in [0.2, 0.25) is 5.91 Å². The van der Waals surface area contributed by atoms with E-state index in [1.54, 1.807) is 0 Å². The molecule has 7 heteroatoms. The van der Waals surface area contributed by atoms with E-state index in [-0.39, 0.29) is 6.54 Å². The van der Waals surface area contributed by atoms with Gasteiger partial charge in [0, 0.05) is 19.3 Å². The maximum Gasteiger partial charge on any atom is 0.308 e. The highest BCUT2D eigenvalue weighted by atomic mass is 32.2. The number of carboxylic acid groups (broad SMARTS) is 1. The van der Waals surface area contributed by atoms with Gasteiger partial charge in [-0.05, 0) is 13.3 Å². The van der Waals surface area contributed by atoms with Crippen molar-refractivity contribution in [3.8, 4) is 0 Å². The van der Waals surface area contributed by atoms with Crippen LogP contribution in [0, 0.1) is 5.92 Å². The molecule has 0 radical (unpaired) electrons. The van der Waals surface area contributed by atoms with Gasteiger partial charge >= 0.3 is 5.97 Å². The molecule has 0 bridgehead atoms. The Hall–Kier alpha value is -1.11. The van der Waals surface area contributed by atoms with Gasteiger partial charge in [-0.2, -0.15) is 0 Å². The molecule has 1 N–H and O–H groups in total. The van der Waals surface area contributed by atoms with Crippen molar-refractivity contribution in [2.24, 2.45) is 5.92 Å². The molecule has 0 saturated carbocycles. The summed E-state index contributed by atoms with van der Waals surface area (Å²) in [6, 6.07) is 0. The van der Waals surface area contributed by atoms with Gasteiger partial charge in [0.15, 0.2) is 9.84 Å². The van der Waals surface area contributed by atoms with Crippen molar-refractivity contribution in [1.82, 2.24) is 4.90 Å². The summed E-state index contributed by atoms with van der Waals surface area (Å²) in [6.07, 6.45) is 1.39. The van der Waals surface area contributed by atoms with Crippen molar-refractivity contribution >= 4 is 21.7 Å². The number of nitrogens with zero attached hydrogens (tertiary/aromatic N) is 1. The predicted octanol–water partition coefficient (Wildman–Crippen LogP) is -0.647. The van der Waals surface area contributed by atoms with E-state index in [1.165, 1.54) is 11.8 Å². The summed E-state index contributed by atoms with van der Waals surface area (Å²) in [6.45, 7) is 1.75. The molecule has 16 heavy (non-hydrogen) atoms. The number of aliphatic carboxylic acids is 1. The van der Waals surface area contributed by atoms with Gasteiger partial charge in [-0.3, -0.25) is 9.59 Å². The normalized spacial score (nSPS) is 23.1. The molecule has 1 amide bonds. The molecule has 1 rings (SSSR count). The zero-order chi connectivity index (χ0) is 12.5. The fourth-order valence-corrected chi connectivity index (χ4v) is 2.12. The molecule has 92 valence electrons. The minimum atomic E-state index is -3.42. The smallest absolute Gasteiger partial charge is 0.308 e. The van der Waals surface area contributed by atoms with Crippen LogP contribution in [0.3, 0.4) is 0 Å². The topological polar surface area (TPSA) is 91.8 Å². The number of carbonyl (C=O) groups excluding carboxylic acids is 1. The molecule has 1 aliphatic heterocycles. The average Bonchev–Trinajstić information content (AvgIpc) is 2.62. The second kappa shape index (κ2) is 4.40. The molecule has 2 unspecified atom stereocenters. The first kappa shape index (κ1) is 13.0. The van der Waals surface area contributed by atoms with Crippen LogP contribution < -0.4 is 0 Å². The second-order valence-electron chi connectivity index (χ2n) is 4.08. The standard InChI is InChI=1S/C9H15NO5S/c1-6(16(2,14)15)8(11)10-4-3-7(5-10)9(12)13/h6-7H,3-5H2,1-2H3,(H,12,13). The van der Waals surface area contributed by atoms with Gasteiger partial charge in [-0.1, -0.05) is 0 Å². The summed E-state index contributed by atoms with van der Waals surface area (Å²) in [4.78, 5) is 23.7. The summed E-state index contributed by atoms with van der Waals surface area (Å²) in [7, 11) is -3.42. The first-order valence-electron chi connectivity index (χ1n) is 4.94. The molecule has 6 nitrogen and oxygen atoms in total. The van der Waals surface area contributed by atoms with Crippen LogP contribution in [0.25, 0.3) is 0 Å². The van der Waals surface area contributed by atoms with E-state index < -0.39 is 32.9 Å². The second-order valence-corrected chi connectivity index (χ2v) is 6.45. The van der Waals surface area contributed by atoms with Crippen molar-refractivity contribution in [2.45, 2.75) is 18.6 Å². The van der Waals surface area contributed by atoms with Crippen LogP contribution >= 0.6 is 0 Å². The monoisotopic (exact) mass is 249 g/mol. The van der Waals surface area contributed by atoms with Crippen LogP contribution in [-0.4, -0.2) is 54.9 Å². The molecular formula is C9H15NO5S. The third-order valence-electron chi connectivity index (χ3n) is 2.84. The van der Waals surface area contributed by atoms with Crippen LogP contribution in [0.1, 0.15) is 13.3 Å². The number of rotatable bonds is 3. The maximum absolute atomic E-state index is 11.7. The lowest BCUT2D eigenvalue weighted by molar-refractivity contribution is -0.141. The van der Waals surface area contributed by atoms with Crippen molar-refractivity contribution in [3.63, 3.8) is 0 Å². The molecule has 1 heterocycles. The molecule has 0 aromatic carbocycles. The minimum Gasteiger partial charge on any atom is -0.481 e. The van der Waals surface area contributed by atoms with Crippen molar-refractivity contribution in [3.05, 3.63) is 0 Å². The van der Waals surface area contributed by atoms with Crippen LogP contribution in [0.2, 0.25) is 0 Å². The van der Waals surface area contributed by atoms with Gasteiger partial charge in [0.25, 0.3) is 0 Å². The van der Waals surface area contributed by atoms with E-state index in [4.69, 9.17) is 5.11 Å². The number of hydrogen-bond acceptors (Lipinski definition) is 4. The molecule has 0 aromatic heterocycles. The molecule has 0 spiro atoms. The Morgan fingerprint density at radius 1 is 1.44 bits per heavy atom. The lowest BCUT2D eigenvalue weighted by Crippen LogP contribution is -2.40. The van der Waals surface area contributed by atoms with Gasteiger partial charge in [-0.15, -0.1) is 0 Å². The fraction of sp³-hybridized carbons (Fsp3) is 0.778. The van der Waals surface area contributed by atoms with Crippen LogP contribution in [0.4, 0.5) is 0 Å². The largest absolute Gasteiger partial charge is 0.481 e. The average molecular weight is 249 g/mol. The van der Waals surface area contributed by atoms with E-state index in [2.05, 4.69) is 0 Å². The summed E-state index contributed by atoms with van der Waals surface area (Å²) < 4.78 is 22.4. The van der Waals surface area contributed by atoms with E-state index >= 15 is 0 Å². The van der Waals surface area contributed by atoms with Gasteiger partial charge in [0.05, 0.1) is 5.92 Å². The Kier molecular flexibility index (Phi) is 3.57. The van der Waals surface area contributed by atoms with Crippen molar-refractivity contribution in [1.29, 1.82) is 0 Å². The molecular weight excluding hydrogens is 234 g/mol. The van der Waals surface area contributed by atoms with Crippen molar-refractivity contribution < 1.29 is 23.1 Å². The summed E-state index contributed by atoms with van der Waals surface area (Å²) in [5.41, 5.74) is 0. The number of sulfone groups is 1. The van der Waals surface area contributed by atoms with Gasteiger partial charge in [-0.25, -0.2) is 8.42 Å². The van der Waals surface area contributed by atoms with E-state index in [0.717, 1.165) is 6.26 Å². The summed E-state index contributed by atoms with van der Waals surface area (Å²) in [5.74, 6) is -2.02. The number of hydrogen-bond donors (Lipinski definition) is 1. The minimum absolute atomic E-state index is 0.105. The van der Waals surface area contributed by atoms with Crippen molar-refractivity contribution in [2.75, 3.05) is 19.3 Å². The number of carbonyl (C=O) groups is 2. The Labute approximate surface area is 94.2 Å². The maximum atomic E-state index is 11.7. The lowest BCUT2D eigenvalue weighted by Gasteiger charge is -2.19. The zero-order valence-corrected chi connectivity index (χ0v) is 10.0. The van der Waals surface area contributed by atoms with E-state index in [0.29, 0.717) is 13.0 Å². The van der Waals surface area contributed by atoms with E-state index in [1.807, 2.05) is 0 Å². The number of likely N-dealkylation sites (tertiary alicyclic amines) is 1. The third kappa shape index (κ3) is 2.72. The van der Waals surface area contributed by atoms with Crippen LogP contribution in [0.5, 0.6) is 0 Å². The molecule has 1 saturated heterocycles. The third-order valence-corrected chi connectivity index (χ3v) is 4.33. The van der Waals surface area contributed by atoms with Gasteiger partial charge in [0.1, 0.15) is 5.25 Å². The van der Waals surface area contributed by atoms with Crippen LogP contribution in [0.15, 0.2) is 0 Å². The first-order chi connectivity index (χ1) is 7.23. The summed E-state index contributed by atoms with van der Waals surface area (Å²) in [5, 5.41) is 7.66. The molecule has 0 aromatic rings. The Bertz CT molecular complexity index is 402. The SMILES string of the molecule is CC(C(=O)N1CCC(C(=O)O)C1)S(C)(=O)=O. The quantitative estimate of drug-likeness (QED) is 0.717. The highest BCUT2D eigenvalue weighted by Crippen LogP contribution is 2.18. The van der Waals surface area contributed by atoms with Crippen LogP contribution in [-0.2, 0) is 19.4 Å².